The van der Waals surface area contributed by atoms with Crippen LogP contribution in [0.2, 0.25) is 0 Å². The van der Waals surface area contributed by atoms with Gasteiger partial charge in [0.1, 0.15) is 11.5 Å². The highest BCUT2D eigenvalue weighted by Crippen LogP contribution is 2.53. The molecule has 3 heterocycles. The van der Waals surface area contributed by atoms with E-state index in [9.17, 15) is 14.4 Å². The van der Waals surface area contributed by atoms with Crippen molar-refractivity contribution in [3.63, 3.8) is 0 Å². The summed E-state index contributed by atoms with van der Waals surface area (Å²) in [5.74, 6) is -2.32. The Hall–Kier alpha value is -2.67. The summed E-state index contributed by atoms with van der Waals surface area (Å²) in [5, 5.41) is 2.92. The molecule has 1 N–H and O–H groups in total. The van der Waals surface area contributed by atoms with Gasteiger partial charge in [0.25, 0.3) is 5.91 Å². The van der Waals surface area contributed by atoms with Gasteiger partial charge in [-0.05, 0) is 49.9 Å². The van der Waals surface area contributed by atoms with Crippen LogP contribution >= 0.6 is 0 Å². The van der Waals surface area contributed by atoms with E-state index in [1.165, 1.54) is 0 Å². The van der Waals surface area contributed by atoms with Crippen LogP contribution in [0.3, 0.4) is 0 Å². The van der Waals surface area contributed by atoms with Gasteiger partial charge in [-0.15, -0.1) is 0 Å². The molecule has 4 atom stereocenters. The Morgan fingerprint density at radius 3 is 2.61 bits per heavy atom. The molecule has 2 amide bonds. The molecule has 3 aliphatic heterocycles. The van der Waals surface area contributed by atoms with Crippen molar-refractivity contribution in [3.8, 4) is 0 Å². The van der Waals surface area contributed by atoms with E-state index in [1.807, 2.05) is 38.1 Å². The van der Waals surface area contributed by atoms with Gasteiger partial charge in [-0.2, -0.15) is 0 Å². The predicted molar refractivity (Wildman–Crippen MR) is 113 cm³/mol. The quantitative estimate of drug-likeness (QED) is 0.579. The molecule has 7 heteroatoms. The largest absolute Gasteiger partial charge is 0.455 e. The number of nitrogens with one attached hydrogen (secondary N) is 1. The Bertz CT molecular complexity index is 946. The van der Waals surface area contributed by atoms with Gasteiger partial charge < -0.3 is 19.7 Å². The molecule has 1 aromatic carbocycles. The summed E-state index contributed by atoms with van der Waals surface area (Å²) < 4.78 is 11.5. The predicted octanol–water partition coefficient (Wildman–Crippen LogP) is 2.19. The second-order valence-electron chi connectivity index (χ2n) is 9.33. The fourth-order valence-corrected chi connectivity index (χ4v) is 5.66. The zero-order valence-electron chi connectivity index (χ0n) is 17.9. The highest BCUT2D eigenvalue weighted by molar-refractivity contribution is 6.02. The van der Waals surface area contributed by atoms with Crippen molar-refractivity contribution < 1.29 is 23.9 Å². The van der Waals surface area contributed by atoms with Crippen LogP contribution in [-0.4, -0.2) is 48.7 Å². The van der Waals surface area contributed by atoms with Gasteiger partial charge in [0.2, 0.25) is 5.91 Å². The van der Waals surface area contributed by atoms with Crippen LogP contribution < -0.4 is 10.2 Å². The molecule has 31 heavy (non-hydrogen) atoms. The minimum absolute atomic E-state index is 0.130. The Labute approximate surface area is 181 Å². The molecular weight excluding hydrogens is 396 g/mol. The molecule has 5 rings (SSSR count). The van der Waals surface area contributed by atoms with Gasteiger partial charge in [0.15, 0.2) is 6.61 Å². The van der Waals surface area contributed by atoms with Crippen LogP contribution in [0.4, 0.5) is 5.69 Å². The van der Waals surface area contributed by atoms with Crippen LogP contribution in [0.1, 0.15) is 36.8 Å². The van der Waals surface area contributed by atoms with Gasteiger partial charge in [0.05, 0.1) is 18.6 Å². The number of aryl methyl sites for hydroxylation is 2. The molecule has 1 saturated carbocycles. The number of ether oxygens (including phenoxy) is 2. The second-order valence-corrected chi connectivity index (χ2v) is 9.33. The lowest BCUT2D eigenvalue weighted by molar-refractivity contribution is -0.155. The van der Waals surface area contributed by atoms with Crippen LogP contribution in [0, 0.1) is 25.7 Å². The van der Waals surface area contributed by atoms with Crippen LogP contribution in [-0.2, 0) is 23.9 Å². The number of benzene rings is 1. The minimum Gasteiger partial charge on any atom is -0.455 e. The van der Waals surface area contributed by atoms with Crippen LogP contribution in [0.5, 0.6) is 0 Å². The molecule has 2 saturated heterocycles. The lowest BCUT2D eigenvalue weighted by Gasteiger charge is -2.23. The van der Waals surface area contributed by atoms with E-state index in [1.54, 1.807) is 4.90 Å². The fraction of sp³-hybridized carbons (Fsp3) is 0.542. The van der Waals surface area contributed by atoms with Gasteiger partial charge in [-0.1, -0.05) is 31.1 Å². The molecule has 2 bridgehead atoms. The number of hydrogen-bond acceptors (Lipinski definition) is 5. The van der Waals surface area contributed by atoms with Gasteiger partial charge in [-0.3, -0.25) is 14.4 Å². The van der Waals surface area contributed by atoms with Crippen molar-refractivity contribution in [1.29, 1.82) is 0 Å². The van der Waals surface area contributed by atoms with Crippen molar-refractivity contribution in [3.05, 3.63) is 41.5 Å². The highest BCUT2D eigenvalue weighted by Gasteiger charge is 2.67. The van der Waals surface area contributed by atoms with Crippen molar-refractivity contribution >= 4 is 23.5 Å². The maximum Gasteiger partial charge on any atom is 0.313 e. The number of hydrogen-bond donors (Lipinski definition) is 1. The van der Waals surface area contributed by atoms with Gasteiger partial charge in [0, 0.05) is 11.7 Å². The van der Waals surface area contributed by atoms with Gasteiger partial charge in [-0.25, -0.2) is 0 Å². The number of carbonyl (C=O) groups is 3. The Morgan fingerprint density at radius 2 is 1.90 bits per heavy atom. The number of nitrogens with zero attached hydrogens (tertiary/aromatic N) is 1. The summed E-state index contributed by atoms with van der Waals surface area (Å²) in [7, 11) is 0. The van der Waals surface area contributed by atoms with E-state index in [-0.39, 0.29) is 24.5 Å². The highest BCUT2D eigenvalue weighted by atomic mass is 16.6. The number of rotatable bonds is 5. The lowest BCUT2D eigenvalue weighted by atomic mass is 9.77. The first-order valence-corrected chi connectivity index (χ1v) is 11.1. The van der Waals surface area contributed by atoms with Crippen molar-refractivity contribution in [2.75, 3.05) is 18.1 Å². The van der Waals surface area contributed by atoms with Crippen LogP contribution in [0.15, 0.2) is 30.4 Å². The summed E-state index contributed by atoms with van der Waals surface area (Å²) in [4.78, 5) is 40.2. The molecule has 0 radical (unpaired) electrons. The second kappa shape index (κ2) is 7.48. The fourth-order valence-electron chi connectivity index (χ4n) is 5.66. The topological polar surface area (TPSA) is 84.9 Å². The Balaban J connectivity index is 1.30. The molecule has 3 fully saturated rings. The summed E-state index contributed by atoms with van der Waals surface area (Å²) in [6, 6.07) is 6.17. The molecule has 164 valence electrons. The van der Waals surface area contributed by atoms with E-state index in [0.717, 1.165) is 42.5 Å². The Kier molecular flexibility index (Phi) is 4.88. The maximum atomic E-state index is 13.4. The van der Waals surface area contributed by atoms with E-state index < -0.39 is 29.5 Å². The van der Waals surface area contributed by atoms with E-state index in [0.29, 0.717) is 6.54 Å². The number of anilines is 1. The molecule has 0 unspecified atom stereocenters. The van der Waals surface area contributed by atoms with E-state index in [4.69, 9.17) is 9.47 Å². The zero-order chi connectivity index (χ0) is 21.8. The smallest absolute Gasteiger partial charge is 0.313 e. The molecule has 7 nitrogen and oxygen atoms in total. The SMILES string of the molecule is Cc1cc(C)cc(N2C[C@]34C=C[C@@H](O3)[C@@H](C(=O)OCC(=O)NC3CCCC3)[C@@H]4C2=O)c1. The average Bonchev–Trinajstić information content (AvgIpc) is 3.48. The third kappa shape index (κ3) is 3.45. The van der Waals surface area contributed by atoms with Gasteiger partial charge >= 0.3 is 5.97 Å². The van der Waals surface area contributed by atoms with Crippen molar-refractivity contribution in [2.45, 2.75) is 57.3 Å². The number of carbonyl (C=O) groups excluding carboxylic acids is 3. The summed E-state index contributed by atoms with van der Waals surface area (Å²) in [5.41, 5.74) is 2.15. The average molecular weight is 424 g/mol. The van der Waals surface area contributed by atoms with E-state index >= 15 is 0 Å². The number of amides is 2. The first kappa shape index (κ1) is 20.2. The standard InChI is InChI=1S/C24H28N2O5/c1-14-9-15(2)11-17(10-14)26-13-24-8-7-18(31-24)20(21(24)22(26)28)23(29)30-12-19(27)25-16-5-3-4-6-16/h7-11,16,18,20-21H,3-6,12-13H2,1-2H3,(H,25,27)/t18-,20-,21-,24+/m1/s1. The summed E-state index contributed by atoms with van der Waals surface area (Å²) in [6.45, 7) is 4.04. The maximum absolute atomic E-state index is 13.4. The first-order chi connectivity index (χ1) is 14.9. The minimum atomic E-state index is -0.810. The number of fused-ring (bicyclic) bond motifs is 1. The summed E-state index contributed by atoms with van der Waals surface area (Å²) in [6.07, 6.45) is 7.44. The zero-order valence-corrected chi connectivity index (χ0v) is 17.9. The molecular formula is C24H28N2O5. The molecule has 0 aromatic heterocycles. The third-order valence-corrected chi connectivity index (χ3v) is 6.96. The molecule has 1 aliphatic carbocycles. The number of esters is 1. The van der Waals surface area contributed by atoms with Crippen molar-refractivity contribution in [1.82, 2.24) is 5.32 Å². The molecule has 1 aromatic rings. The van der Waals surface area contributed by atoms with Crippen LogP contribution in [0.25, 0.3) is 0 Å². The molecule has 1 spiro atoms. The third-order valence-electron chi connectivity index (χ3n) is 6.96. The Morgan fingerprint density at radius 1 is 1.19 bits per heavy atom. The monoisotopic (exact) mass is 424 g/mol. The lowest BCUT2D eigenvalue weighted by Crippen LogP contribution is -2.41. The molecule has 4 aliphatic rings. The normalized spacial score (nSPS) is 31.4. The van der Waals surface area contributed by atoms with E-state index in [2.05, 4.69) is 11.4 Å². The summed E-state index contributed by atoms with van der Waals surface area (Å²) >= 11 is 0. The first-order valence-electron chi connectivity index (χ1n) is 11.1. The van der Waals surface area contributed by atoms with Crippen molar-refractivity contribution in [2.24, 2.45) is 11.8 Å².